The number of ether oxygens (including phenoxy) is 4. The van der Waals surface area contributed by atoms with Crippen LogP contribution in [0.1, 0.15) is 40.5 Å². The maximum absolute atomic E-state index is 5.48. The number of rotatable bonds is 14. The zero-order chi connectivity index (χ0) is 14.3. The molecule has 0 fully saturated rings. The maximum atomic E-state index is 5.48. The lowest BCUT2D eigenvalue weighted by molar-refractivity contribution is -0.141. The highest BCUT2D eigenvalue weighted by atomic mass is 16.7. The summed E-state index contributed by atoms with van der Waals surface area (Å²) in [5.41, 5.74) is 0. The van der Waals surface area contributed by atoms with Crippen molar-refractivity contribution in [1.29, 1.82) is 0 Å². The first-order valence-electron chi connectivity index (χ1n) is 7.45. The smallest absolute Gasteiger partial charge is 0.158 e. The second-order valence-corrected chi connectivity index (χ2v) is 4.01. The molecule has 0 heterocycles. The van der Waals surface area contributed by atoms with Crippen LogP contribution in [0.2, 0.25) is 0 Å². The molecule has 5 heteroatoms. The van der Waals surface area contributed by atoms with Crippen molar-refractivity contribution in [1.82, 2.24) is 5.32 Å². The molecule has 0 radical (unpaired) electrons. The van der Waals surface area contributed by atoms with E-state index in [2.05, 4.69) is 5.32 Å². The summed E-state index contributed by atoms with van der Waals surface area (Å²) < 4.78 is 21.9. The van der Waals surface area contributed by atoms with Gasteiger partial charge in [0.25, 0.3) is 0 Å². The average Bonchev–Trinajstić information content (AvgIpc) is 2.39. The van der Waals surface area contributed by atoms with Gasteiger partial charge >= 0.3 is 0 Å². The highest BCUT2D eigenvalue weighted by Crippen LogP contribution is 2.02. The third kappa shape index (κ3) is 11.3. The van der Waals surface area contributed by atoms with E-state index >= 15 is 0 Å². The third-order valence-corrected chi connectivity index (χ3v) is 2.52. The highest BCUT2D eigenvalue weighted by molar-refractivity contribution is 4.54. The summed E-state index contributed by atoms with van der Waals surface area (Å²) in [4.78, 5) is 0. The molecule has 0 aromatic carbocycles. The van der Waals surface area contributed by atoms with E-state index in [1.54, 1.807) is 0 Å². The summed E-state index contributed by atoms with van der Waals surface area (Å²) in [5.74, 6) is 0. The van der Waals surface area contributed by atoms with E-state index in [-0.39, 0.29) is 12.6 Å². The minimum absolute atomic E-state index is 0.0999. The summed E-state index contributed by atoms with van der Waals surface area (Å²) >= 11 is 0. The fraction of sp³-hybridized carbons (Fsp3) is 1.00. The van der Waals surface area contributed by atoms with E-state index in [4.69, 9.17) is 18.9 Å². The van der Waals surface area contributed by atoms with Gasteiger partial charge in [-0.05, 0) is 40.8 Å². The summed E-state index contributed by atoms with van der Waals surface area (Å²) in [6.45, 7) is 12.4. The monoisotopic (exact) mass is 277 g/mol. The van der Waals surface area contributed by atoms with Crippen molar-refractivity contribution in [3.8, 4) is 0 Å². The molecular formula is C14H31NO4. The molecule has 0 aromatic rings. The van der Waals surface area contributed by atoms with Crippen LogP contribution < -0.4 is 5.32 Å². The van der Waals surface area contributed by atoms with E-state index in [1.165, 1.54) is 0 Å². The molecule has 5 nitrogen and oxygen atoms in total. The van der Waals surface area contributed by atoms with Crippen LogP contribution in [-0.4, -0.2) is 52.1 Å². The van der Waals surface area contributed by atoms with Crippen LogP contribution >= 0.6 is 0 Å². The van der Waals surface area contributed by atoms with E-state index in [9.17, 15) is 0 Å². The Hall–Kier alpha value is -0.200. The number of hydrogen-bond donors (Lipinski definition) is 1. The van der Waals surface area contributed by atoms with Crippen LogP contribution in [0.25, 0.3) is 0 Å². The van der Waals surface area contributed by atoms with Crippen molar-refractivity contribution >= 4 is 0 Å². The molecule has 0 amide bonds. The highest BCUT2D eigenvalue weighted by Gasteiger charge is 2.09. The molecule has 0 aliphatic heterocycles. The molecular weight excluding hydrogens is 246 g/mol. The van der Waals surface area contributed by atoms with Gasteiger partial charge in [0.15, 0.2) is 12.6 Å². The van der Waals surface area contributed by atoms with Gasteiger partial charge < -0.3 is 24.3 Å². The quantitative estimate of drug-likeness (QED) is 0.389. The minimum Gasteiger partial charge on any atom is -0.353 e. The molecule has 0 aliphatic carbocycles. The lowest BCUT2D eigenvalue weighted by atomic mass is 10.3. The Bertz CT molecular complexity index is 151. The lowest BCUT2D eigenvalue weighted by Gasteiger charge is -2.19. The van der Waals surface area contributed by atoms with Gasteiger partial charge in [0.2, 0.25) is 0 Å². The standard InChI is InChI=1S/C14H31NO4/c1-5-16-13(17-6-2)9-11-15-12-10-14(18-7-3)19-8-4/h13-15H,5-12H2,1-4H3. The fourth-order valence-electron chi connectivity index (χ4n) is 1.74. The van der Waals surface area contributed by atoms with E-state index < -0.39 is 0 Å². The second kappa shape index (κ2) is 14.2. The average molecular weight is 277 g/mol. The van der Waals surface area contributed by atoms with Crippen LogP contribution in [0, 0.1) is 0 Å². The molecule has 0 aromatic heterocycles. The Balaban J connectivity index is 3.59. The number of hydrogen-bond acceptors (Lipinski definition) is 5. The molecule has 116 valence electrons. The zero-order valence-electron chi connectivity index (χ0n) is 12.9. The first-order chi connectivity index (χ1) is 9.28. The predicted octanol–water partition coefficient (Wildman–Crippen LogP) is 2.15. The number of nitrogens with one attached hydrogen (secondary N) is 1. The van der Waals surface area contributed by atoms with Crippen LogP contribution in [0.3, 0.4) is 0 Å². The SMILES string of the molecule is CCOC(CCNCCC(OCC)OCC)OCC. The summed E-state index contributed by atoms with van der Waals surface area (Å²) in [5, 5.41) is 3.36. The Kier molecular flexibility index (Phi) is 14.1. The zero-order valence-corrected chi connectivity index (χ0v) is 12.9. The summed E-state index contributed by atoms with van der Waals surface area (Å²) in [6, 6.07) is 0. The van der Waals surface area contributed by atoms with Crippen molar-refractivity contribution in [2.75, 3.05) is 39.5 Å². The van der Waals surface area contributed by atoms with Crippen molar-refractivity contribution in [3.63, 3.8) is 0 Å². The van der Waals surface area contributed by atoms with Crippen molar-refractivity contribution in [3.05, 3.63) is 0 Å². The van der Waals surface area contributed by atoms with Crippen LogP contribution in [-0.2, 0) is 18.9 Å². The normalized spacial score (nSPS) is 11.7. The molecule has 0 atom stereocenters. The van der Waals surface area contributed by atoms with Crippen molar-refractivity contribution in [2.45, 2.75) is 53.1 Å². The predicted molar refractivity (Wildman–Crippen MR) is 76.2 cm³/mol. The minimum atomic E-state index is -0.0999. The molecule has 0 saturated carbocycles. The summed E-state index contributed by atoms with van der Waals surface area (Å²) in [6.07, 6.45) is 1.51. The van der Waals surface area contributed by atoms with Crippen LogP contribution in [0.5, 0.6) is 0 Å². The third-order valence-electron chi connectivity index (χ3n) is 2.52. The van der Waals surface area contributed by atoms with Gasteiger partial charge in [-0.15, -0.1) is 0 Å². The summed E-state index contributed by atoms with van der Waals surface area (Å²) in [7, 11) is 0. The van der Waals surface area contributed by atoms with E-state index in [0.717, 1.165) is 25.9 Å². The van der Waals surface area contributed by atoms with Crippen molar-refractivity contribution < 1.29 is 18.9 Å². The first kappa shape index (κ1) is 18.8. The molecule has 0 spiro atoms. The molecule has 19 heavy (non-hydrogen) atoms. The topological polar surface area (TPSA) is 49.0 Å². The molecule has 0 bridgehead atoms. The Morgan fingerprint density at radius 1 is 0.632 bits per heavy atom. The van der Waals surface area contributed by atoms with Gasteiger partial charge in [0, 0.05) is 39.3 Å². The maximum Gasteiger partial charge on any atom is 0.158 e. The fourth-order valence-corrected chi connectivity index (χ4v) is 1.74. The van der Waals surface area contributed by atoms with Gasteiger partial charge in [0.05, 0.1) is 0 Å². The molecule has 0 rings (SSSR count). The Morgan fingerprint density at radius 2 is 0.947 bits per heavy atom. The largest absolute Gasteiger partial charge is 0.353 e. The van der Waals surface area contributed by atoms with Crippen molar-refractivity contribution in [2.24, 2.45) is 0 Å². The second-order valence-electron chi connectivity index (χ2n) is 4.01. The van der Waals surface area contributed by atoms with Gasteiger partial charge in [-0.25, -0.2) is 0 Å². The Morgan fingerprint density at radius 3 is 1.21 bits per heavy atom. The van der Waals surface area contributed by atoms with Gasteiger partial charge in [-0.2, -0.15) is 0 Å². The van der Waals surface area contributed by atoms with Gasteiger partial charge in [-0.3, -0.25) is 0 Å². The van der Waals surface area contributed by atoms with Gasteiger partial charge in [-0.1, -0.05) is 0 Å². The van der Waals surface area contributed by atoms with E-state index in [1.807, 2.05) is 27.7 Å². The lowest BCUT2D eigenvalue weighted by Crippen LogP contribution is -2.28. The van der Waals surface area contributed by atoms with Gasteiger partial charge in [0.1, 0.15) is 0 Å². The Labute approximate surface area is 117 Å². The van der Waals surface area contributed by atoms with Crippen LogP contribution in [0.4, 0.5) is 0 Å². The molecule has 0 saturated heterocycles. The van der Waals surface area contributed by atoms with Crippen LogP contribution in [0.15, 0.2) is 0 Å². The molecule has 0 unspecified atom stereocenters. The van der Waals surface area contributed by atoms with E-state index in [0.29, 0.717) is 26.4 Å². The molecule has 0 aliphatic rings. The molecule has 1 N–H and O–H groups in total. The first-order valence-corrected chi connectivity index (χ1v) is 7.45.